The second kappa shape index (κ2) is 8.34. The summed E-state index contributed by atoms with van der Waals surface area (Å²) in [4.78, 5) is 38.5. The average Bonchev–Trinajstić information content (AvgIpc) is 2.93. The molecular weight excluding hydrogens is 332 g/mol. The topological polar surface area (TPSA) is 75.7 Å². The van der Waals surface area contributed by atoms with E-state index in [4.69, 9.17) is 4.74 Å². The Labute approximate surface area is 154 Å². The van der Waals surface area contributed by atoms with Crippen LogP contribution in [0.4, 0.5) is 4.79 Å². The molecule has 26 heavy (non-hydrogen) atoms. The molecule has 0 aliphatic carbocycles. The number of ether oxygens (including phenoxy) is 1. The number of nitrogens with zero attached hydrogens (tertiary/aromatic N) is 1. The average molecular weight is 360 g/mol. The van der Waals surface area contributed by atoms with Gasteiger partial charge in [-0.1, -0.05) is 31.2 Å². The summed E-state index contributed by atoms with van der Waals surface area (Å²) in [5.74, 6) is -0.0751. The van der Waals surface area contributed by atoms with Gasteiger partial charge in [0, 0.05) is 25.1 Å². The molecule has 6 heteroatoms. The highest BCUT2D eigenvalue weighted by atomic mass is 16.6. The summed E-state index contributed by atoms with van der Waals surface area (Å²) in [5.41, 5.74) is 1.10. The van der Waals surface area contributed by atoms with E-state index in [1.54, 1.807) is 25.7 Å². The fourth-order valence-corrected chi connectivity index (χ4v) is 3.13. The molecule has 0 spiro atoms. The molecule has 2 amide bonds. The van der Waals surface area contributed by atoms with Crippen molar-refractivity contribution in [1.29, 1.82) is 0 Å². The van der Waals surface area contributed by atoms with E-state index in [1.807, 2.05) is 31.2 Å². The summed E-state index contributed by atoms with van der Waals surface area (Å²) in [7, 11) is 0. The smallest absolute Gasteiger partial charge is 0.407 e. The van der Waals surface area contributed by atoms with Gasteiger partial charge in [-0.05, 0) is 39.2 Å². The van der Waals surface area contributed by atoms with E-state index in [-0.39, 0.29) is 18.2 Å². The Hall–Kier alpha value is -2.37. The van der Waals surface area contributed by atoms with Crippen LogP contribution >= 0.6 is 0 Å². The van der Waals surface area contributed by atoms with Crippen LogP contribution in [0.25, 0.3) is 0 Å². The zero-order valence-corrected chi connectivity index (χ0v) is 16.0. The Kier molecular flexibility index (Phi) is 6.40. The highest BCUT2D eigenvalue weighted by molar-refractivity contribution is 6.04. The molecule has 1 fully saturated rings. The third kappa shape index (κ3) is 5.07. The molecule has 0 radical (unpaired) electrons. The maximum atomic E-state index is 13.0. The number of carbonyl (C=O) groups excluding carboxylic acids is 3. The number of alkyl carbamates (subject to hydrolysis) is 1. The Morgan fingerprint density at radius 3 is 2.62 bits per heavy atom. The van der Waals surface area contributed by atoms with Crippen molar-refractivity contribution in [2.45, 2.75) is 58.6 Å². The number of Topliss-reactive ketones (excluding diaryl/α,β-unsaturated/α-hetero) is 1. The van der Waals surface area contributed by atoms with Crippen molar-refractivity contribution in [1.82, 2.24) is 10.2 Å². The molecule has 2 rings (SSSR count). The highest BCUT2D eigenvalue weighted by Gasteiger charge is 2.36. The fourth-order valence-electron chi connectivity index (χ4n) is 3.13. The standard InChI is InChI=1S/C20H28N2O4/c1-5-14-8-6-7-9-15(14)18(24)16-10-11-17(23)22(16)13-12-21-19(25)26-20(2,3)4/h6-9,16H,5,10-13H2,1-4H3,(H,21,25). The molecule has 0 saturated carbocycles. The minimum Gasteiger partial charge on any atom is -0.444 e. The summed E-state index contributed by atoms with van der Waals surface area (Å²) >= 11 is 0. The van der Waals surface area contributed by atoms with E-state index in [1.165, 1.54) is 0 Å². The van der Waals surface area contributed by atoms with Crippen LogP contribution in [0.2, 0.25) is 0 Å². The van der Waals surface area contributed by atoms with Gasteiger partial charge in [0.15, 0.2) is 5.78 Å². The van der Waals surface area contributed by atoms with Crippen molar-refractivity contribution in [2.75, 3.05) is 13.1 Å². The zero-order chi connectivity index (χ0) is 19.3. The van der Waals surface area contributed by atoms with E-state index in [0.29, 0.717) is 24.9 Å². The van der Waals surface area contributed by atoms with E-state index < -0.39 is 17.7 Å². The fraction of sp³-hybridized carbons (Fsp3) is 0.550. The number of ketones is 1. The highest BCUT2D eigenvalue weighted by Crippen LogP contribution is 2.24. The van der Waals surface area contributed by atoms with Crippen LogP contribution in [0.5, 0.6) is 0 Å². The number of nitrogens with one attached hydrogen (secondary N) is 1. The number of rotatable bonds is 6. The lowest BCUT2D eigenvalue weighted by Crippen LogP contribution is -2.44. The number of carbonyl (C=O) groups is 3. The van der Waals surface area contributed by atoms with Crippen LogP contribution in [0, 0.1) is 0 Å². The lowest BCUT2D eigenvalue weighted by molar-refractivity contribution is -0.128. The molecule has 0 bridgehead atoms. The van der Waals surface area contributed by atoms with Crippen molar-refractivity contribution in [2.24, 2.45) is 0 Å². The summed E-state index contributed by atoms with van der Waals surface area (Å²) in [5, 5.41) is 2.64. The van der Waals surface area contributed by atoms with Gasteiger partial charge in [-0.25, -0.2) is 4.79 Å². The predicted molar refractivity (Wildman–Crippen MR) is 99.1 cm³/mol. The first-order valence-electron chi connectivity index (χ1n) is 9.11. The zero-order valence-electron chi connectivity index (χ0n) is 16.0. The molecule has 1 saturated heterocycles. The van der Waals surface area contributed by atoms with Gasteiger partial charge in [-0.2, -0.15) is 0 Å². The van der Waals surface area contributed by atoms with Gasteiger partial charge < -0.3 is 15.0 Å². The van der Waals surface area contributed by atoms with E-state index in [0.717, 1.165) is 12.0 Å². The SMILES string of the molecule is CCc1ccccc1C(=O)C1CCC(=O)N1CCNC(=O)OC(C)(C)C. The maximum Gasteiger partial charge on any atom is 0.407 e. The third-order valence-corrected chi connectivity index (χ3v) is 4.32. The minimum absolute atomic E-state index is 0.0226. The number of hydrogen-bond donors (Lipinski definition) is 1. The Morgan fingerprint density at radius 1 is 1.27 bits per heavy atom. The lowest BCUT2D eigenvalue weighted by Gasteiger charge is -2.25. The second-order valence-electron chi connectivity index (χ2n) is 7.45. The van der Waals surface area contributed by atoms with E-state index >= 15 is 0 Å². The van der Waals surface area contributed by atoms with Crippen molar-refractivity contribution >= 4 is 17.8 Å². The van der Waals surface area contributed by atoms with Crippen LogP contribution < -0.4 is 5.32 Å². The monoisotopic (exact) mass is 360 g/mol. The van der Waals surface area contributed by atoms with Crippen molar-refractivity contribution < 1.29 is 19.1 Å². The molecule has 6 nitrogen and oxygen atoms in total. The number of aryl methyl sites for hydroxylation is 1. The van der Waals surface area contributed by atoms with Gasteiger partial charge in [0.1, 0.15) is 5.60 Å². The van der Waals surface area contributed by atoms with Crippen LogP contribution in [0.3, 0.4) is 0 Å². The molecule has 1 heterocycles. The van der Waals surface area contributed by atoms with Gasteiger partial charge >= 0.3 is 6.09 Å². The normalized spacial score (nSPS) is 17.3. The van der Waals surface area contributed by atoms with Gasteiger partial charge in [0.05, 0.1) is 6.04 Å². The number of likely N-dealkylation sites (tertiary alicyclic amines) is 1. The summed E-state index contributed by atoms with van der Waals surface area (Å²) < 4.78 is 5.18. The largest absolute Gasteiger partial charge is 0.444 e. The molecule has 1 atom stereocenters. The number of amides is 2. The van der Waals surface area contributed by atoms with Crippen molar-refractivity contribution in [3.63, 3.8) is 0 Å². The Bertz CT molecular complexity index is 679. The Balaban J connectivity index is 2.00. The maximum absolute atomic E-state index is 13.0. The molecule has 1 aliphatic rings. The lowest BCUT2D eigenvalue weighted by atomic mass is 9.96. The van der Waals surface area contributed by atoms with Crippen LogP contribution in [-0.4, -0.2) is 47.4 Å². The predicted octanol–water partition coefficient (Wildman–Crippen LogP) is 2.95. The summed E-state index contributed by atoms with van der Waals surface area (Å²) in [6.45, 7) is 7.92. The molecule has 0 aromatic heterocycles. The van der Waals surface area contributed by atoms with Crippen LogP contribution in [-0.2, 0) is 16.0 Å². The summed E-state index contributed by atoms with van der Waals surface area (Å²) in [6.07, 6.45) is 1.12. The third-order valence-electron chi connectivity index (χ3n) is 4.32. The molecule has 142 valence electrons. The van der Waals surface area contributed by atoms with Crippen LogP contribution in [0.1, 0.15) is 56.5 Å². The van der Waals surface area contributed by atoms with Crippen molar-refractivity contribution in [3.8, 4) is 0 Å². The van der Waals surface area contributed by atoms with Crippen molar-refractivity contribution in [3.05, 3.63) is 35.4 Å². The molecule has 1 aromatic rings. The first-order chi connectivity index (χ1) is 12.2. The number of hydrogen-bond acceptors (Lipinski definition) is 4. The van der Waals surface area contributed by atoms with E-state index in [2.05, 4.69) is 5.32 Å². The van der Waals surface area contributed by atoms with Gasteiger partial charge in [0.2, 0.25) is 5.91 Å². The molecule has 1 aliphatic heterocycles. The Morgan fingerprint density at radius 2 is 1.96 bits per heavy atom. The first-order valence-corrected chi connectivity index (χ1v) is 9.11. The van der Waals surface area contributed by atoms with Gasteiger partial charge in [-0.3, -0.25) is 9.59 Å². The molecular formula is C20H28N2O4. The molecule has 1 unspecified atom stereocenters. The number of benzene rings is 1. The second-order valence-corrected chi connectivity index (χ2v) is 7.45. The van der Waals surface area contributed by atoms with Crippen LogP contribution in [0.15, 0.2) is 24.3 Å². The first kappa shape index (κ1) is 19.9. The van der Waals surface area contributed by atoms with E-state index in [9.17, 15) is 14.4 Å². The minimum atomic E-state index is -0.574. The van der Waals surface area contributed by atoms with Gasteiger partial charge in [-0.15, -0.1) is 0 Å². The summed E-state index contributed by atoms with van der Waals surface area (Å²) in [6, 6.07) is 7.06. The van der Waals surface area contributed by atoms with Gasteiger partial charge in [0.25, 0.3) is 0 Å². The molecule has 1 aromatic carbocycles. The molecule has 1 N–H and O–H groups in total. The quantitative estimate of drug-likeness (QED) is 0.792.